The van der Waals surface area contributed by atoms with Gasteiger partial charge in [-0.1, -0.05) is 103 Å². The quantitative estimate of drug-likeness (QED) is 0.109. The summed E-state index contributed by atoms with van der Waals surface area (Å²) in [6, 6.07) is 1.51. The molecule has 4 nitrogen and oxygen atoms in total. The summed E-state index contributed by atoms with van der Waals surface area (Å²) in [5.74, 6) is -1.62. The van der Waals surface area contributed by atoms with Crippen LogP contribution in [0.15, 0.2) is 0 Å². The Morgan fingerprint density at radius 3 is 1.73 bits per heavy atom. The number of carbonyl (C=O) groups excluding carboxylic acids is 2. The van der Waals surface area contributed by atoms with Crippen molar-refractivity contribution in [3.63, 3.8) is 0 Å². The molecule has 0 aromatic carbocycles. The molecule has 0 amide bonds. The summed E-state index contributed by atoms with van der Waals surface area (Å²) in [6.45, 7) is 9.38. The Kier molecular flexibility index (Phi) is 14.4. The molecule has 0 spiro atoms. The number of rotatable bonds is 16. The summed E-state index contributed by atoms with van der Waals surface area (Å²) in [5, 5.41) is 0. The molecule has 0 aromatic heterocycles. The van der Waals surface area contributed by atoms with Gasteiger partial charge in [0.25, 0.3) is 0 Å². The highest BCUT2D eigenvalue weighted by Crippen LogP contribution is 2.39. The standard InChI is InChI=1S/C25H48O4Si/c1-5-28-24(26)23(25(27)29-6-2)20-16-11-9-7-8-10-12-17-21-30(3,4)22-18-14-13-15-19-22/h22-23H,5-21H2,1-4H3. The first-order chi connectivity index (χ1) is 14.4. The van der Waals surface area contributed by atoms with Gasteiger partial charge in [-0.15, -0.1) is 0 Å². The van der Waals surface area contributed by atoms with Gasteiger partial charge in [0.15, 0.2) is 5.92 Å². The highest BCUT2D eigenvalue weighted by molar-refractivity contribution is 6.78. The van der Waals surface area contributed by atoms with Crippen LogP contribution in [0.1, 0.15) is 104 Å². The monoisotopic (exact) mass is 440 g/mol. The predicted octanol–water partition coefficient (Wildman–Crippen LogP) is 7.28. The second-order valence-corrected chi connectivity index (χ2v) is 15.0. The largest absolute Gasteiger partial charge is 0.465 e. The molecular weight excluding hydrogens is 392 g/mol. The van der Waals surface area contributed by atoms with Crippen LogP contribution >= 0.6 is 0 Å². The SMILES string of the molecule is CCOC(=O)C(CCCCCCCCCC[Si](C)(C)C1CCCCC1)C(=O)OCC. The molecule has 0 bridgehead atoms. The van der Waals surface area contributed by atoms with Crippen molar-refractivity contribution in [1.29, 1.82) is 0 Å². The molecule has 176 valence electrons. The maximum Gasteiger partial charge on any atom is 0.320 e. The lowest BCUT2D eigenvalue weighted by atomic mass is 10.00. The fourth-order valence-corrected chi connectivity index (χ4v) is 8.44. The number of carbonyl (C=O) groups is 2. The zero-order valence-corrected chi connectivity index (χ0v) is 21.3. The number of hydrogen-bond acceptors (Lipinski definition) is 4. The van der Waals surface area contributed by atoms with Crippen molar-refractivity contribution < 1.29 is 19.1 Å². The van der Waals surface area contributed by atoms with E-state index in [1.807, 2.05) is 0 Å². The average molecular weight is 441 g/mol. The van der Waals surface area contributed by atoms with Crippen molar-refractivity contribution in [2.75, 3.05) is 13.2 Å². The van der Waals surface area contributed by atoms with E-state index in [0.29, 0.717) is 19.6 Å². The number of ether oxygens (including phenoxy) is 2. The normalized spacial score (nSPS) is 15.4. The minimum atomic E-state index is -1.01. The Morgan fingerprint density at radius 1 is 0.767 bits per heavy atom. The van der Waals surface area contributed by atoms with Gasteiger partial charge in [-0.2, -0.15) is 0 Å². The van der Waals surface area contributed by atoms with Crippen LogP contribution in [-0.4, -0.2) is 33.2 Å². The minimum absolute atomic E-state index is 0.301. The van der Waals surface area contributed by atoms with Gasteiger partial charge in [0.2, 0.25) is 0 Å². The van der Waals surface area contributed by atoms with Gasteiger partial charge in [0.05, 0.1) is 21.3 Å². The number of esters is 2. The van der Waals surface area contributed by atoms with E-state index in [9.17, 15) is 9.59 Å². The van der Waals surface area contributed by atoms with Crippen molar-refractivity contribution >= 4 is 20.0 Å². The third-order valence-corrected chi connectivity index (χ3v) is 11.3. The molecule has 0 aliphatic heterocycles. The molecule has 5 heteroatoms. The van der Waals surface area contributed by atoms with Crippen molar-refractivity contribution in [2.45, 2.75) is 128 Å². The van der Waals surface area contributed by atoms with E-state index in [1.54, 1.807) is 13.8 Å². The Labute approximate surface area is 186 Å². The zero-order chi connectivity index (χ0) is 22.2. The zero-order valence-electron chi connectivity index (χ0n) is 20.3. The molecule has 1 aliphatic carbocycles. The van der Waals surface area contributed by atoms with Gasteiger partial charge in [0, 0.05) is 0 Å². The van der Waals surface area contributed by atoms with E-state index >= 15 is 0 Å². The van der Waals surface area contributed by atoms with E-state index in [0.717, 1.165) is 18.4 Å². The van der Waals surface area contributed by atoms with Crippen LogP contribution in [0.3, 0.4) is 0 Å². The Morgan fingerprint density at radius 2 is 1.23 bits per heavy atom. The summed E-state index contributed by atoms with van der Waals surface area (Å²) in [7, 11) is -1.01. The Hall–Kier alpha value is -0.843. The van der Waals surface area contributed by atoms with Crippen LogP contribution in [0.4, 0.5) is 0 Å². The van der Waals surface area contributed by atoms with Gasteiger partial charge >= 0.3 is 11.9 Å². The van der Waals surface area contributed by atoms with Gasteiger partial charge in [0.1, 0.15) is 0 Å². The molecule has 1 fully saturated rings. The molecule has 0 heterocycles. The Balaban J connectivity index is 2.07. The molecule has 0 atom stereocenters. The van der Waals surface area contributed by atoms with E-state index in [-0.39, 0.29) is 0 Å². The summed E-state index contributed by atoms with van der Waals surface area (Å²) >= 11 is 0. The van der Waals surface area contributed by atoms with E-state index in [4.69, 9.17) is 9.47 Å². The van der Waals surface area contributed by atoms with Crippen LogP contribution in [0, 0.1) is 5.92 Å². The molecule has 0 radical (unpaired) electrons. The lowest BCUT2D eigenvalue weighted by molar-refractivity contribution is -0.161. The van der Waals surface area contributed by atoms with Crippen LogP contribution in [0.5, 0.6) is 0 Å². The molecule has 0 saturated heterocycles. The third-order valence-electron chi connectivity index (χ3n) is 6.92. The third kappa shape index (κ3) is 11.0. The maximum absolute atomic E-state index is 12.0. The first-order valence-electron chi connectivity index (χ1n) is 12.8. The van der Waals surface area contributed by atoms with E-state index in [1.165, 1.54) is 76.7 Å². The van der Waals surface area contributed by atoms with E-state index in [2.05, 4.69) is 13.1 Å². The smallest absolute Gasteiger partial charge is 0.320 e. The molecule has 0 unspecified atom stereocenters. The first-order valence-corrected chi connectivity index (χ1v) is 16.0. The average Bonchev–Trinajstić information content (AvgIpc) is 2.73. The van der Waals surface area contributed by atoms with Crippen LogP contribution in [0.2, 0.25) is 24.7 Å². The summed E-state index contributed by atoms with van der Waals surface area (Å²) in [6.07, 6.45) is 17.8. The van der Waals surface area contributed by atoms with Crippen LogP contribution < -0.4 is 0 Å². The van der Waals surface area contributed by atoms with Crippen molar-refractivity contribution in [2.24, 2.45) is 5.92 Å². The van der Waals surface area contributed by atoms with Gasteiger partial charge in [-0.25, -0.2) is 0 Å². The lowest BCUT2D eigenvalue weighted by Crippen LogP contribution is -2.33. The topological polar surface area (TPSA) is 52.6 Å². The lowest BCUT2D eigenvalue weighted by Gasteiger charge is -2.35. The molecule has 1 saturated carbocycles. The summed E-state index contributed by atoms with van der Waals surface area (Å²) in [5.41, 5.74) is 1.08. The fraction of sp³-hybridized carbons (Fsp3) is 0.920. The second-order valence-electron chi connectivity index (χ2n) is 9.75. The van der Waals surface area contributed by atoms with Gasteiger partial charge in [-0.05, 0) is 25.8 Å². The molecule has 0 aromatic rings. The number of hydrogen-bond donors (Lipinski definition) is 0. The second kappa shape index (κ2) is 15.9. The summed E-state index contributed by atoms with van der Waals surface area (Å²) < 4.78 is 10.1. The van der Waals surface area contributed by atoms with Crippen LogP contribution in [0.25, 0.3) is 0 Å². The number of unbranched alkanes of at least 4 members (excludes halogenated alkanes) is 7. The Bertz CT molecular complexity index is 454. The minimum Gasteiger partial charge on any atom is -0.465 e. The van der Waals surface area contributed by atoms with Crippen molar-refractivity contribution in [1.82, 2.24) is 0 Å². The summed E-state index contributed by atoms with van der Waals surface area (Å²) in [4.78, 5) is 24.0. The first kappa shape index (κ1) is 27.2. The van der Waals surface area contributed by atoms with Crippen LogP contribution in [-0.2, 0) is 19.1 Å². The van der Waals surface area contributed by atoms with Gasteiger partial charge < -0.3 is 9.47 Å². The van der Waals surface area contributed by atoms with Gasteiger partial charge in [-0.3, -0.25) is 9.59 Å². The molecule has 0 N–H and O–H groups in total. The molecule has 30 heavy (non-hydrogen) atoms. The highest BCUT2D eigenvalue weighted by Gasteiger charge is 2.31. The highest BCUT2D eigenvalue weighted by atomic mass is 28.3. The van der Waals surface area contributed by atoms with E-state index < -0.39 is 25.9 Å². The molecular formula is C25H48O4Si. The fourth-order valence-electron chi connectivity index (χ4n) is 4.90. The molecule has 1 aliphatic rings. The molecule has 1 rings (SSSR count). The predicted molar refractivity (Wildman–Crippen MR) is 127 cm³/mol. The maximum atomic E-state index is 12.0. The van der Waals surface area contributed by atoms with Crippen molar-refractivity contribution in [3.8, 4) is 0 Å². The van der Waals surface area contributed by atoms with Crippen molar-refractivity contribution in [3.05, 3.63) is 0 Å².